The van der Waals surface area contributed by atoms with Crippen LogP contribution in [0.1, 0.15) is 21.7 Å². The Bertz CT molecular complexity index is 662. The van der Waals surface area contributed by atoms with Crippen LogP contribution in [0.4, 0.5) is 5.69 Å². The van der Waals surface area contributed by atoms with Crippen LogP contribution >= 0.6 is 0 Å². The lowest BCUT2D eigenvalue weighted by molar-refractivity contribution is 0.101. The molecule has 2 N–H and O–H groups in total. The van der Waals surface area contributed by atoms with Gasteiger partial charge in [-0.05, 0) is 18.2 Å². The van der Waals surface area contributed by atoms with Crippen LogP contribution in [0.3, 0.4) is 0 Å². The fraction of sp³-hybridized carbons (Fsp3) is 0. The van der Waals surface area contributed by atoms with E-state index in [-0.39, 0.29) is 17.0 Å². The van der Waals surface area contributed by atoms with E-state index in [1.165, 1.54) is 24.5 Å². The number of hydrogen-bond acceptors (Lipinski definition) is 5. The molecule has 2 aromatic rings. The summed E-state index contributed by atoms with van der Waals surface area (Å²) >= 11 is 0. The van der Waals surface area contributed by atoms with Crippen molar-refractivity contribution in [2.24, 2.45) is 0 Å². The Morgan fingerprint density at radius 3 is 2.67 bits per heavy atom. The first-order chi connectivity index (χ1) is 8.74. The van der Waals surface area contributed by atoms with Crippen molar-refractivity contribution in [1.82, 2.24) is 15.2 Å². The van der Waals surface area contributed by atoms with Crippen molar-refractivity contribution in [2.45, 2.75) is 0 Å². The lowest BCUT2D eigenvalue weighted by Gasteiger charge is -2.03. The van der Waals surface area contributed by atoms with Gasteiger partial charge in [-0.3, -0.25) is 9.89 Å². The van der Waals surface area contributed by atoms with Gasteiger partial charge in [0.2, 0.25) is 5.82 Å². The average molecular weight is 238 g/mol. The second-order valence-electron chi connectivity index (χ2n) is 3.27. The number of nitriles is 2. The molecule has 7 heteroatoms. The third kappa shape index (κ3) is 2.15. The quantitative estimate of drug-likeness (QED) is 0.802. The normalized spacial score (nSPS) is 9.22. The van der Waals surface area contributed by atoms with Crippen molar-refractivity contribution in [2.75, 3.05) is 5.32 Å². The molecular weight excluding hydrogens is 232 g/mol. The van der Waals surface area contributed by atoms with Crippen LogP contribution in [0.2, 0.25) is 0 Å². The number of carbonyl (C=O) groups is 1. The maximum atomic E-state index is 11.6. The third-order valence-electron chi connectivity index (χ3n) is 2.15. The molecule has 0 aliphatic rings. The molecule has 0 saturated carbocycles. The highest BCUT2D eigenvalue weighted by atomic mass is 16.2. The Balaban J connectivity index is 2.24. The molecule has 0 atom stereocenters. The molecule has 2 rings (SSSR count). The van der Waals surface area contributed by atoms with Crippen LogP contribution in [0, 0.1) is 22.7 Å². The minimum Gasteiger partial charge on any atom is -0.319 e. The van der Waals surface area contributed by atoms with Crippen molar-refractivity contribution >= 4 is 11.6 Å². The van der Waals surface area contributed by atoms with Crippen LogP contribution in [-0.4, -0.2) is 21.1 Å². The number of nitrogens with zero attached hydrogens (tertiary/aromatic N) is 4. The minimum absolute atomic E-state index is 0.0675. The molecule has 18 heavy (non-hydrogen) atoms. The van der Waals surface area contributed by atoms with E-state index in [0.717, 1.165) is 0 Å². The highest BCUT2D eigenvalue weighted by Gasteiger charge is 2.10. The van der Waals surface area contributed by atoms with Crippen molar-refractivity contribution in [3.63, 3.8) is 0 Å². The summed E-state index contributed by atoms with van der Waals surface area (Å²) in [4.78, 5) is 15.3. The fourth-order valence-electron chi connectivity index (χ4n) is 1.32. The summed E-state index contributed by atoms with van der Waals surface area (Å²) in [7, 11) is 0. The van der Waals surface area contributed by atoms with Gasteiger partial charge in [0.25, 0.3) is 5.91 Å². The highest BCUT2D eigenvalue weighted by molar-refractivity contribution is 6.01. The Morgan fingerprint density at radius 2 is 2.06 bits per heavy atom. The Morgan fingerprint density at radius 1 is 1.28 bits per heavy atom. The second kappa shape index (κ2) is 4.76. The number of amides is 1. The molecule has 0 radical (unpaired) electrons. The van der Waals surface area contributed by atoms with E-state index >= 15 is 0 Å². The fourth-order valence-corrected chi connectivity index (χ4v) is 1.32. The number of aromatic nitrogens is 3. The van der Waals surface area contributed by atoms with E-state index in [9.17, 15) is 4.79 Å². The smallest absolute Gasteiger partial charge is 0.292 e. The molecule has 0 spiro atoms. The van der Waals surface area contributed by atoms with E-state index in [4.69, 9.17) is 10.5 Å². The van der Waals surface area contributed by atoms with Crippen LogP contribution in [-0.2, 0) is 0 Å². The van der Waals surface area contributed by atoms with E-state index in [1.54, 1.807) is 0 Å². The predicted octanol–water partition coefficient (Wildman–Crippen LogP) is 0.800. The Labute approximate surface area is 102 Å². The zero-order valence-electron chi connectivity index (χ0n) is 9.01. The summed E-state index contributed by atoms with van der Waals surface area (Å²) in [6.45, 7) is 0. The maximum Gasteiger partial charge on any atom is 0.292 e. The average Bonchev–Trinajstić information content (AvgIpc) is 2.92. The van der Waals surface area contributed by atoms with Gasteiger partial charge in [0.1, 0.15) is 18.5 Å². The molecule has 1 aromatic carbocycles. The van der Waals surface area contributed by atoms with E-state index in [2.05, 4.69) is 20.5 Å². The van der Waals surface area contributed by atoms with Gasteiger partial charge in [0.15, 0.2) is 0 Å². The zero-order chi connectivity index (χ0) is 13.0. The maximum absolute atomic E-state index is 11.6. The highest BCUT2D eigenvalue weighted by Crippen LogP contribution is 2.15. The van der Waals surface area contributed by atoms with Crippen LogP contribution in [0.25, 0.3) is 0 Å². The van der Waals surface area contributed by atoms with E-state index in [1.807, 2.05) is 12.1 Å². The van der Waals surface area contributed by atoms with Gasteiger partial charge in [-0.2, -0.15) is 15.6 Å². The molecular formula is C11H6N6O. The number of benzene rings is 1. The van der Waals surface area contributed by atoms with Crippen molar-refractivity contribution in [3.05, 3.63) is 41.5 Å². The third-order valence-corrected chi connectivity index (χ3v) is 2.15. The van der Waals surface area contributed by atoms with Crippen LogP contribution < -0.4 is 5.32 Å². The lowest BCUT2D eigenvalue weighted by Crippen LogP contribution is -2.13. The summed E-state index contributed by atoms with van der Waals surface area (Å²) < 4.78 is 0. The first kappa shape index (κ1) is 11.3. The largest absolute Gasteiger partial charge is 0.319 e. The summed E-state index contributed by atoms with van der Waals surface area (Å²) in [5.74, 6) is -0.404. The van der Waals surface area contributed by atoms with E-state index in [0.29, 0.717) is 5.69 Å². The summed E-state index contributed by atoms with van der Waals surface area (Å²) in [5, 5.41) is 26.1. The topological polar surface area (TPSA) is 118 Å². The van der Waals surface area contributed by atoms with Gasteiger partial charge in [0.05, 0.1) is 11.1 Å². The molecule has 0 aliphatic heterocycles. The van der Waals surface area contributed by atoms with Gasteiger partial charge in [-0.25, -0.2) is 4.98 Å². The number of anilines is 1. The first-order valence-electron chi connectivity index (χ1n) is 4.85. The molecule has 7 nitrogen and oxygen atoms in total. The second-order valence-corrected chi connectivity index (χ2v) is 3.27. The van der Waals surface area contributed by atoms with Crippen molar-refractivity contribution in [3.8, 4) is 12.1 Å². The minimum atomic E-state index is -0.471. The number of nitrogens with one attached hydrogen (secondary N) is 2. The SMILES string of the molecule is N#Cc1ccc(NC(=O)c2ncn[nH]2)cc1C#N. The molecule has 1 amide bonds. The number of rotatable bonds is 2. The van der Waals surface area contributed by atoms with Gasteiger partial charge < -0.3 is 5.32 Å². The van der Waals surface area contributed by atoms with Gasteiger partial charge in [-0.15, -0.1) is 0 Å². The van der Waals surface area contributed by atoms with Crippen molar-refractivity contribution in [1.29, 1.82) is 10.5 Å². The molecule has 1 heterocycles. The monoisotopic (exact) mass is 238 g/mol. The molecule has 0 fully saturated rings. The van der Waals surface area contributed by atoms with Crippen LogP contribution in [0.15, 0.2) is 24.5 Å². The molecule has 1 aromatic heterocycles. The summed E-state index contributed by atoms with van der Waals surface area (Å²) in [6, 6.07) is 8.20. The standard InChI is InChI=1S/C11H6N6O/c12-4-7-1-2-9(3-8(7)5-13)16-11(18)10-14-6-15-17-10/h1-3,6H,(H,16,18)(H,14,15,17). The Kier molecular flexibility index (Phi) is 2.99. The predicted molar refractivity (Wildman–Crippen MR) is 60.2 cm³/mol. The van der Waals surface area contributed by atoms with Gasteiger partial charge >= 0.3 is 0 Å². The number of H-pyrrole nitrogens is 1. The lowest BCUT2D eigenvalue weighted by atomic mass is 10.1. The van der Waals surface area contributed by atoms with E-state index < -0.39 is 5.91 Å². The van der Waals surface area contributed by atoms with Crippen LogP contribution in [0.5, 0.6) is 0 Å². The molecule has 0 saturated heterocycles. The molecule has 86 valence electrons. The number of aromatic amines is 1. The summed E-state index contributed by atoms with van der Waals surface area (Å²) in [6.07, 6.45) is 1.22. The summed E-state index contributed by atoms with van der Waals surface area (Å²) in [5.41, 5.74) is 0.870. The number of carbonyl (C=O) groups excluding carboxylic acids is 1. The van der Waals surface area contributed by atoms with Gasteiger partial charge in [0, 0.05) is 5.69 Å². The molecule has 0 aliphatic carbocycles. The first-order valence-corrected chi connectivity index (χ1v) is 4.85. The zero-order valence-corrected chi connectivity index (χ0v) is 9.01. The molecule has 0 unspecified atom stereocenters. The molecule has 0 bridgehead atoms. The van der Waals surface area contributed by atoms with Gasteiger partial charge in [-0.1, -0.05) is 0 Å². The van der Waals surface area contributed by atoms with Crippen molar-refractivity contribution < 1.29 is 4.79 Å². The Hall–Kier alpha value is -3.19. The number of hydrogen-bond donors (Lipinski definition) is 2.